The molecular weight excluding hydrogens is 288 g/mol. The van der Waals surface area contributed by atoms with Gasteiger partial charge in [-0.1, -0.05) is 42.5 Å². The molecule has 0 aliphatic heterocycles. The van der Waals surface area contributed by atoms with E-state index < -0.39 is 11.9 Å². The topological polar surface area (TPSA) is 60.7 Å². The Hall–Kier alpha value is -1.94. The van der Waals surface area contributed by atoms with Crippen molar-refractivity contribution in [3.05, 3.63) is 59.2 Å². The molecule has 0 fully saturated rings. The zero-order valence-corrected chi connectivity index (χ0v) is 12.7. The van der Waals surface area contributed by atoms with E-state index in [4.69, 9.17) is 0 Å². The Labute approximate surface area is 133 Å². The van der Waals surface area contributed by atoms with Crippen molar-refractivity contribution in [1.29, 1.82) is 0 Å². The second-order valence-corrected chi connectivity index (χ2v) is 6.92. The maximum Gasteiger partial charge on any atom is 0.217 e. The van der Waals surface area contributed by atoms with Gasteiger partial charge in [0.05, 0.1) is 0 Å². The van der Waals surface area contributed by atoms with E-state index in [1.165, 1.54) is 21.7 Å². The van der Waals surface area contributed by atoms with Gasteiger partial charge in [-0.3, -0.25) is 0 Å². The largest absolute Gasteiger partial charge is 0.387 e. The van der Waals surface area contributed by atoms with Crippen molar-refractivity contribution >= 4 is 21.5 Å². The van der Waals surface area contributed by atoms with Gasteiger partial charge in [-0.15, -0.1) is 0 Å². The lowest BCUT2D eigenvalue weighted by Gasteiger charge is -2.41. The third-order valence-corrected chi connectivity index (χ3v) is 5.69. The Morgan fingerprint density at radius 2 is 1.83 bits per heavy atom. The van der Waals surface area contributed by atoms with E-state index in [0.29, 0.717) is 12.0 Å². The Morgan fingerprint density at radius 3 is 2.70 bits per heavy atom. The molecule has 0 amide bonds. The summed E-state index contributed by atoms with van der Waals surface area (Å²) in [5.41, 5.74) is 2.79. The highest BCUT2D eigenvalue weighted by Crippen LogP contribution is 2.49. The molecule has 2 unspecified atom stereocenters. The van der Waals surface area contributed by atoms with Crippen LogP contribution in [0.1, 0.15) is 35.4 Å². The summed E-state index contributed by atoms with van der Waals surface area (Å²) >= 11 is 0. The predicted molar refractivity (Wildman–Crippen MR) is 89.3 cm³/mol. The molecular formula is C20H18O3. The Kier molecular flexibility index (Phi) is 2.54. The fourth-order valence-corrected chi connectivity index (χ4v) is 4.58. The van der Waals surface area contributed by atoms with Gasteiger partial charge < -0.3 is 15.3 Å². The highest BCUT2D eigenvalue weighted by Gasteiger charge is 2.45. The Bertz CT molecular complexity index is 958. The van der Waals surface area contributed by atoms with Gasteiger partial charge in [0, 0.05) is 5.56 Å². The minimum absolute atomic E-state index is 0.199. The van der Waals surface area contributed by atoms with Crippen LogP contribution in [-0.2, 0) is 12.2 Å². The molecule has 5 rings (SSSR count). The van der Waals surface area contributed by atoms with Crippen LogP contribution in [-0.4, -0.2) is 21.4 Å². The summed E-state index contributed by atoms with van der Waals surface area (Å²) in [4.78, 5) is 0. The molecule has 3 nitrogen and oxygen atoms in total. The lowest BCUT2D eigenvalue weighted by Crippen LogP contribution is -2.45. The van der Waals surface area contributed by atoms with Crippen LogP contribution in [0.5, 0.6) is 0 Å². The molecule has 3 heteroatoms. The number of benzene rings is 3. The standard InChI is InChI=1S/C20H18O3/c21-17-10-13-6-5-12-9-11-3-1-2-4-14(11)15-7-8-16(20(17,22)23)19(13)18(12)15/h1-4,7-9,13,17,21-23H,5-6,10H2. The smallest absolute Gasteiger partial charge is 0.217 e. The van der Waals surface area contributed by atoms with Gasteiger partial charge in [0.15, 0.2) is 0 Å². The van der Waals surface area contributed by atoms with Crippen LogP contribution in [0.4, 0.5) is 0 Å². The van der Waals surface area contributed by atoms with Gasteiger partial charge in [0.2, 0.25) is 5.79 Å². The zero-order valence-electron chi connectivity index (χ0n) is 12.7. The van der Waals surface area contributed by atoms with E-state index in [1.54, 1.807) is 6.07 Å². The van der Waals surface area contributed by atoms with Gasteiger partial charge >= 0.3 is 0 Å². The summed E-state index contributed by atoms with van der Waals surface area (Å²) in [5.74, 6) is -1.95. The fraction of sp³-hybridized carbons (Fsp3) is 0.300. The third kappa shape index (κ3) is 1.65. The summed E-state index contributed by atoms with van der Waals surface area (Å²) in [5, 5.41) is 35.7. The van der Waals surface area contributed by atoms with Crippen molar-refractivity contribution in [3.8, 4) is 0 Å². The number of aliphatic hydroxyl groups is 3. The Balaban J connectivity index is 1.97. The van der Waals surface area contributed by atoms with Gasteiger partial charge in [0.1, 0.15) is 6.10 Å². The van der Waals surface area contributed by atoms with E-state index >= 15 is 0 Å². The first-order valence-electron chi connectivity index (χ1n) is 8.18. The van der Waals surface area contributed by atoms with E-state index in [-0.39, 0.29) is 5.92 Å². The van der Waals surface area contributed by atoms with Crippen molar-refractivity contribution < 1.29 is 15.3 Å². The van der Waals surface area contributed by atoms with Crippen LogP contribution in [0.25, 0.3) is 21.5 Å². The maximum atomic E-state index is 10.4. The molecule has 0 heterocycles. The van der Waals surface area contributed by atoms with Crippen molar-refractivity contribution in [2.24, 2.45) is 0 Å². The lowest BCUT2D eigenvalue weighted by molar-refractivity contribution is -0.242. The molecule has 0 spiro atoms. The summed E-state index contributed by atoms with van der Waals surface area (Å²) < 4.78 is 0. The predicted octanol–water partition coefficient (Wildman–Crippen LogP) is 2.92. The number of hydrogen-bond donors (Lipinski definition) is 3. The van der Waals surface area contributed by atoms with Crippen LogP contribution >= 0.6 is 0 Å². The molecule has 3 N–H and O–H groups in total. The summed E-state index contributed by atoms with van der Waals surface area (Å²) in [6.45, 7) is 0. The van der Waals surface area contributed by atoms with Crippen LogP contribution in [0.3, 0.4) is 0 Å². The molecule has 0 bridgehead atoms. The second kappa shape index (κ2) is 4.32. The molecule has 0 radical (unpaired) electrons. The molecule has 2 aliphatic rings. The molecule has 2 atom stereocenters. The number of rotatable bonds is 0. The van der Waals surface area contributed by atoms with Gasteiger partial charge in [0.25, 0.3) is 0 Å². The van der Waals surface area contributed by atoms with Gasteiger partial charge in [-0.2, -0.15) is 0 Å². The fourth-order valence-electron chi connectivity index (χ4n) is 4.58. The normalized spacial score (nSPS) is 25.0. The van der Waals surface area contributed by atoms with E-state index in [2.05, 4.69) is 18.2 Å². The first-order chi connectivity index (χ1) is 11.1. The van der Waals surface area contributed by atoms with Crippen LogP contribution < -0.4 is 0 Å². The van der Waals surface area contributed by atoms with Crippen LogP contribution in [0.2, 0.25) is 0 Å². The molecule has 0 aromatic heterocycles. The summed E-state index contributed by atoms with van der Waals surface area (Å²) in [6, 6.07) is 14.3. The van der Waals surface area contributed by atoms with E-state index in [1.807, 2.05) is 18.2 Å². The van der Waals surface area contributed by atoms with Crippen LogP contribution in [0.15, 0.2) is 42.5 Å². The SMILES string of the molecule is OC1CC2CCc3cc4ccccc4c4ccc(c2c34)C1(O)O. The molecule has 116 valence electrons. The third-order valence-electron chi connectivity index (χ3n) is 5.69. The Morgan fingerprint density at radius 1 is 1.00 bits per heavy atom. The quantitative estimate of drug-likeness (QED) is 0.442. The monoisotopic (exact) mass is 306 g/mol. The first kappa shape index (κ1) is 13.5. The van der Waals surface area contributed by atoms with Crippen molar-refractivity contribution in [3.63, 3.8) is 0 Å². The minimum atomic E-state index is -2.15. The van der Waals surface area contributed by atoms with Crippen LogP contribution in [0, 0.1) is 0 Å². The van der Waals surface area contributed by atoms with Crippen molar-refractivity contribution in [1.82, 2.24) is 0 Å². The molecule has 3 aromatic carbocycles. The zero-order chi connectivity index (χ0) is 15.8. The molecule has 0 saturated heterocycles. The molecule has 2 aliphatic carbocycles. The number of fused-ring (bicyclic) bond motifs is 2. The second-order valence-electron chi connectivity index (χ2n) is 6.92. The summed E-state index contributed by atoms with van der Waals surface area (Å²) in [6.07, 6.45) is 1.20. The van der Waals surface area contributed by atoms with Gasteiger partial charge in [-0.25, -0.2) is 0 Å². The summed E-state index contributed by atoms with van der Waals surface area (Å²) in [7, 11) is 0. The van der Waals surface area contributed by atoms with E-state index in [0.717, 1.165) is 23.8 Å². The highest BCUT2D eigenvalue weighted by atomic mass is 16.5. The van der Waals surface area contributed by atoms with Crippen molar-refractivity contribution in [2.75, 3.05) is 0 Å². The number of hydrogen-bond acceptors (Lipinski definition) is 3. The molecule has 0 saturated carbocycles. The van der Waals surface area contributed by atoms with E-state index in [9.17, 15) is 15.3 Å². The van der Waals surface area contributed by atoms with Gasteiger partial charge in [-0.05, 0) is 57.9 Å². The number of aryl methyl sites for hydroxylation is 1. The average molecular weight is 306 g/mol. The number of aliphatic hydroxyl groups excluding tert-OH is 1. The highest BCUT2D eigenvalue weighted by molar-refractivity contribution is 6.11. The van der Waals surface area contributed by atoms with Crippen molar-refractivity contribution in [2.45, 2.75) is 37.1 Å². The average Bonchev–Trinajstić information content (AvgIpc) is 2.56. The molecule has 3 aromatic rings. The first-order valence-corrected chi connectivity index (χ1v) is 8.18. The maximum absolute atomic E-state index is 10.4. The minimum Gasteiger partial charge on any atom is -0.387 e. The lowest BCUT2D eigenvalue weighted by atomic mass is 9.69. The molecule has 23 heavy (non-hydrogen) atoms.